The maximum absolute atomic E-state index is 14.1. The van der Waals surface area contributed by atoms with E-state index in [0.29, 0.717) is 46.2 Å². The number of benzene rings is 3. The predicted octanol–water partition coefficient (Wildman–Crippen LogP) is 8.17. The van der Waals surface area contributed by atoms with E-state index in [2.05, 4.69) is 5.32 Å². The van der Waals surface area contributed by atoms with Crippen LogP contribution in [0.15, 0.2) is 54.6 Å². The second-order valence-electron chi connectivity index (χ2n) is 12.1. The molecule has 3 aromatic carbocycles. The lowest BCUT2D eigenvalue weighted by Gasteiger charge is -2.27. The average molecular weight is 647 g/mol. The summed E-state index contributed by atoms with van der Waals surface area (Å²) in [6.07, 6.45) is -3.70. The minimum Gasteiger partial charge on any atom is -0.497 e. The van der Waals surface area contributed by atoms with Gasteiger partial charge >= 0.3 is 12.1 Å². The number of alkyl halides is 3. The van der Waals surface area contributed by atoms with Gasteiger partial charge in [0.25, 0.3) is 5.91 Å². The standard InChI is InChI=1S/C34H38ClF3N2O5/c1-20(32(42)45-33(3,4)5)12-14-44-27-17-25(16-26(18-27)43-6)39-30(22-7-9-24(35)10-8-22)31(41)40-13-11-23-15-21(2)28(19-29(23)40)34(36,37)38/h7-10,15-20,30,39H,11-14H2,1-6H3. The second kappa shape index (κ2) is 13.6. The van der Waals surface area contributed by atoms with Crippen molar-refractivity contribution in [1.29, 1.82) is 0 Å². The lowest BCUT2D eigenvalue weighted by atomic mass is 10.0. The van der Waals surface area contributed by atoms with Crippen LogP contribution in [0.1, 0.15) is 62.4 Å². The van der Waals surface area contributed by atoms with E-state index >= 15 is 0 Å². The fourth-order valence-corrected chi connectivity index (χ4v) is 5.22. The minimum absolute atomic E-state index is 0.118. The Kier molecular flexibility index (Phi) is 10.3. The number of ether oxygens (including phenoxy) is 3. The molecule has 7 nitrogen and oxygen atoms in total. The molecule has 2 unspecified atom stereocenters. The highest BCUT2D eigenvalue weighted by molar-refractivity contribution is 6.30. The molecule has 4 rings (SSSR count). The summed E-state index contributed by atoms with van der Waals surface area (Å²) in [6, 6.07) is 13.3. The molecule has 1 N–H and O–H groups in total. The summed E-state index contributed by atoms with van der Waals surface area (Å²) < 4.78 is 58.2. The highest BCUT2D eigenvalue weighted by Crippen LogP contribution is 2.40. The molecule has 0 radical (unpaired) electrons. The number of fused-ring (bicyclic) bond motifs is 1. The van der Waals surface area contributed by atoms with Crippen LogP contribution in [-0.4, -0.2) is 37.7 Å². The normalized spacial score (nSPS) is 14.4. The van der Waals surface area contributed by atoms with Crippen LogP contribution in [0.3, 0.4) is 0 Å². The topological polar surface area (TPSA) is 77.1 Å². The van der Waals surface area contributed by atoms with Gasteiger partial charge in [0.1, 0.15) is 23.1 Å². The third-order valence-corrected chi connectivity index (χ3v) is 7.65. The molecule has 0 aliphatic carbocycles. The van der Waals surface area contributed by atoms with Crippen LogP contribution in [0.25, 0.3) is 0 Å². The van der Waals surface area contributed by atoms with Gasteiger partial charge < -0.3 is 24.4 Å². The molecule has 0 saturated carbocycles. The number of nitrogens with one attached hydrogen (secondary N) is 1. The summed E-state index contributed by atoms with van der Waals surface area (Å²) >= 11 is 6.12. The Morgan fingerprint density at radius 2 is 1.69 bits per heavy atom. The van der Waals surface area contributed by atoms with Crippen molar-refractivity contribution in [1.82, 2.24) is 0 Å². The smallest absolute Gasteiger partial charge is 0.416 e. The van der Waals surface area contributed by atoms with E-state index in [0.717, 1.165) is 6.07 Å². The van der Waals surface area contributed by atoms with Gasteiger partial charge in [0, 0.05) is 41.1 Å². The number of carbonyl (C=O) groups excluding carboxylic acids is 2. The minimum atomic E-state index is -4.55. The summed E-state index contributed by atoms with van der Waals surface area (Å²) in [7, 11) is 1.50. The molecule has 242 valence electrons. The zero-order valence-corrected chi connectivity index (χ0v) is 26.9. The molecule has 2 atom stereocenters. The number of nitrogens with zero attached hydrogens (tertiary/aromatic N) is 1. The van der Waals surface area contributed by atoms with Crippen molar-refractivity contribution in [2.24, 2.45) is 5.92 Å². The van der Waals surface area contributed by atoms with Crippen LogP contribution in [-0.2, 0) is 26.9 Å². The van der Waals surface area contributed by atoms with Crippen LogP contribution in [0.2, 0.25) is 5.02 Å². The second-order valence-corrected chi connectivity index (χ2v) is 12.6. The highest BCUT2D eigenvalue weighted by atomic mass is 35.5. The fourth-order valence-electron chi connectivity index (χ4n) is 5.09. The molecular formula is C34H38ClF3N2O5. The molecule has 11 heteroatoms. The number of rotatable bonds is 10. The molecule has 1 aliphatic rings. The fraction of sp³-hybridized carbons (Fsp3) is 0.412. The van der Waals surface area contributed by atoms with Crippen LogP contribution < -0.4 is 19.7 Å². The van der Waals surface area contributed by atoms with Crippen molar-refractivity contribution in [3.05, 3.63) is 81.9 Å². The van der Waals surface area contributed by atoms with Gasteiger partial charge in [-0.25, -0.2) is 0 Å². The average Bonchev–Trinajstić information content (AvgIpc) is 3.36. The Morgan fingerprint density at radius 1 is 1.02 bits per heavy atom. The van der Waals surface area contributed by atoms with Crippen LogP contribution in [0.4, 0.5) is 24.5 Å². The van der Waals surface area contributed by atoms with Crippen molar-refractivity contribution >= 4 is 34.9 Å². The Hall–Kier alpha value is -3.92. The number of hydrogen-bond acceptors (Lipinski definition) is 6. The van der Waals surface area contributed by atoms with E-state index in [4.69, 9.17) is 25.8 Å². The molecule has 0 bridgehead atoms. The van der Waals surface area contributed by atoms with Crippen molar-refractivity contribution in [2.45, 2.75) is 65.3 Å². The van der Waals surface area contributed by atoms with Gasteiger partial charge in [-0.1, -0.05) is 36.7 Å². The van der Waals surface area contributed by atoms with Gasteiger partial charge in [0.15, 0.2) is 0 Å². The van der Waals surface area contributed by atoms with Crippen molar-refractivity contribution in [2.75, 3.05) is 30.5 Å². The van der Waals surface area contributed by atoms with Crippen molar-refractivity contribution in [3.63, 3.8) is 0 Å². The van der Waals surface area contributed by atoms with E-state index in [1.54, 1.807) is 49.4 Å². The number of methoxy groups -OCH3 is 1. The third kappa shape index (κ3) is 8.63. The molecule has 0 saturated heterocycles. The number of anilines is 2. The summed E-state index contributed by atoms with van der Waals surface area (Å²) in [5.74, 6) is -0.236. The van der Waals surface area contributed by atoms with Gasteiger partial charge in [-0.3, -0.25) is 9.59 Å². The maximum Gasteiger partial charge on any atom is 0.416 e. The van der Waals surface area contributed by atoms with Gasteiger partial charge in [-0.15, -0.1) is 0 Å². The monoisotopic (exact) mass is 646 g/mol. The number of carbonyl (C=O) groups is 2. The van der Waals surface area contributed by atoms with E-state index in [1.807, 2.05) is 20.8 Å². The van der Waals surface area contributed by atoms with Gasteiger partial charge in [-0.05, 0) is 75.4 Å². The zero-order chi connectivity index (χ0) is 33.1. The first-order valence-electron chi connectivity index (χ1n) is 14.6. The van der Waals surface area contributed by atoms with Crippen molar-refractivity contribution < 1.29 is 37.0 Å². The van der Waals surface area contributed by atoms with Crippen molar-refractivity contribution in [3.8, 4) is 11.5 Å². The van der Waals surface area contributed by atoms with Gasteiger partial charge in [-0.2, -0.15) is 13.2 Å². The number of halogens is 4. The molecule has 0 fully saturated rings. The SMILES string of the molecule is COc1cc(NC(C(=O)N2CCc3cc(C)c(C(F)(F)F)cc32)c2ccc(Cl)cc2)cc(OCCC(C)C(=O)OC(C)(C)C)c1. The first-order chi connectivity index (χ1) is 21.1. The molecule has 45 heavy (non-hydrogen) atoms. The van der Waals surface area contributed by atoms with E-state index in [9.17, 15) is 22.8 Å². The summed E-state index contributed by atoms with van der Waals surface area (Å²) in [5.41, 5.74) is 0.734. The Balaban J connectivity index is 1.60. The predicted molar refractivity (Wildman–Crippen MR) is 168 cm³/mol. The lowest BCUT2D eigenvalue weighted by Crippen LogP contribution is -2.37. The molecule has 1 heterocycles. The number of amides is 1. The first kappa shape index (κ1) is 34.0. The third-order valence-electron chi connectivity index (χ3n) is 7.40. The van der Waals surface area contributed by atoms with Crippen LogP contribution in [0.5, 0.6) is 11.5 Å². The molecule has 0 aromatic heterocycles. The molecule has 3 aromatic rings. The van der Waals surface area contributed by atoms with Gasteiger partial charge in [0.2, 0.25) is 0 Å². The molecule has 1 aliphatic heterocycles. The van der Waals surface area contributed by atoms with Gasteiger partial charge in [0.05, 0.1) is 25.2 Å². The molecule has 0 spiro atoms. The Morgan fingerprint density at radius 3 is 2.31 bits per heavy atom. The Labute approximate surface area is 266 Å². The lowest BCUT2D eigenvalue weighted by molar-refractivity contribution is -0.159. The quantitative estimate of drug-likeness (QED) is 0.224. The first-order valence-corrected chi connectivity index (χ1v) is 15.0. The van der Waals surface area contributed by atoms with Crippen LogP contribution >= 0.6 is 11.6 Å². The number of hydrogen-bond donors (Lipinski definition) is 1. The zero-order valence-electron chi connectivity index (χ0n) is 26.2. The number of esters is 1. The summed E-state index contributed by atoms with van der Waals surface area (Å²) in [5, 5.41) is 3.72. The largest absolute Gasteiger partial charge is 0.497 e. The summed E-state index contributed by atoms with van der Waals surface area (Å²) in [4.78, 5) is 27.9. The van der Waals surface area contributed by atoms with E-state index in [-0.39, 0.29) is 36.3 Å². The summed E-state index contributed by atoms with van der Waals surface area (Å²) in [6.45, 7) is 9.08. The maximum atomic E-state index is 14.1. The molecule has 1 amide bonds. The van der Waals surface area contributed by atoms with E-state index < -0.39 is 29.3 Å². The molecular weight excluding hydrogens is 609 g/mol. The van der Waals surface area contributed by atoms with Crippen LogP contribution in [0, 0.1) is 12.8 Å². The highest BCUT2D eigenvalue weighted by Gasteiger charge is 2.37. The van der Waals surface area contributed by atoms with E-state index in [1.165, 1.54) is 25.0 Å². The number of aryl methyl sites for hydroxylation is 1. The Bertz CT molecular complexity index is 1540.